The molecule has 3 rings (SSSR count). The highest BCUT2D eigenvalue weighted by Crippen LogP contribution is 2.41. The van der Waals surface area contributed by atoms with Crippen LogP contribution in [-0.4, -0.2) is 63.8 Å². The minimum atomic E-state index is -3.10. The molecule has 1 spiro atoms. The molecule has 2 aliphatic heterocycles. The zero-order valence-corrected chi connectivity index (χ0v) is 17.6. The van der Waals surface area contributed by atoms with E-state index in [1.165, 1.54) is 0 Å². The van der Waals surface area contributed by atoms with E-state index in [9.17, 15) is 8.42 Å². The maximum atomic E-state index is 12.5. The lowest BCUT2D eigenvalue weighted by atomic mass is 9.79. The van der Waals surface area contributed by atoms with Crippen LogP contribution in [0.4, 0.5) is 0 Å². The molecule has 2 fully saturated rings. The van der Waals surface area contributed by atoms with Gasteiger partial charge in [-0.3, -0.25) is 4.90 Å². The summed E-state index contributed by atoms with van der Waals surface area (Å²) in [6.45, 7) is 6.02. The van der Waals surface area contributed by atoms with E-state index in [0.717, 1.165) is 56.0 Å². The molecule has 1 atom stereocenters. The first kappa shape index (κ1) is 20.4. The lowest BCUT2D eigenvalue weighted by Gasteiger charge is -2.40. The molecule has 2 aliphatic rings. The summed E-state index contributed by atoms with van der Waals surface area (Å²) in [5.41, 5.74) is 1.20. The molecule has 1 aromatic rings. The highest BCUT2D eigenvalue weighted by atomic mass is 32.2. The number of likely N-dealkylation sites (tertiary alicyclic amines) is 1. The highest BCUT2D eigenvalue weighted by molar-refractivity contribution is 7.89. The summed E-state index contributed by atoms with van der Waals surface area (Å²) in [5.74, 6) is 1.80. The predicted octanol–water partition coefficient (Wildman–Crippen LogP) is 2.73. The van der Waals surface area contributed by atoms with E-state index in [4.69, 9.17) is 9.47 Å². The highest BCUT2D eigenvalue weighted by Gasteiger charge is 2.44. The molecule has 0 aromatic heterocycles. The van der Waals surface area contributed by atoms with Crippen LogP contribution in [0.15, 0.2) is 18.2 Å². The zero-order valence-electron chi connectivity index (χ0n) is 16.7. The van der Waals surface area contributed by atoms with Crippen molar-refractivity contribution in [2.24, 2.45) is 5.41 Å². The second-order valence-electron chi connectivity index (χ2n) is 7.87. The number of methoxy groups -OCH3 is 2. The van der Waals surface area contributed by atoms with Gasteiger partial charge in [-0.1, -0.05) is 19.1 Å². The van der Waals surface area contributed by atoms with E-state index in [1.54, 1.807) is 18.5 Å². The molecular formula is C20H32N2O4S. The van der Waals surface area contributed by atoms with E-state index in [1.807, 2.05) is 19.1 Å². The molecule has 1 aromatic carbocycles. The van der Waals surface area contributed by atoms with E-state index in [-0.39, 0.29) is 11.2 Å². The van der Waals surface area contributed by atoms with Crippen molar-refractivity contribution < 1.29 is 17.9 Å². The molecule has 0 aliphatic carbocycles. The van der Waals surface area contributed by atoms with Gasteiger partial charge in [0.05, 0.1) is 20.0 Å². The number of piperidine rings is 1. The molecule has 2 heterocycles. The van der Waals surface area contributed by atoms with Gasteiger partial charge < -0.3 is 9.47 Å². The predicted molar refractivity (Wildman–Crippen MR) is 107 cm³/mol. The average Bonchev–Trinajstić information content (AvgIpc) is 3.05. The van der Waals surface area contributed by atoms with E-state index < -0.39 is 10.0 Å². The van der Waals surface area contributed by atoms with Gasteiger partial charge >= 0.3 is 0 Å². The lowest BCUT2D eigenvalue weighted by molar-refractivity contribution is 0.0927. The Morgan fingerprint density at radius 1 is 1.11 bits per heavy atom. The fraction of sp³-hybridized carbons (Fsp3) is 0.700. The standard InChI is InChI=1S/C20H32N2O4S/c1-4-13-27(23,24)22-12-10-20(16-22)9-6-11-21(15-20)14-17-7-5-8-18(25-2)19(17)26-3/h5,7-8H,4,6,9-16H2,1-3H3. The summed E-state index contributed by atoms with van der Waals surface area (Å²) < 4.78 is 37.7. The molecule has 27 heavy (non-hydrogen) atoms. The van der Waals surface area contributed by atoms with Gasteiger partial charge in [-0.15, -0.1) is 0 Å². The quantitative estimate of drug-likeness (QED) is 0.709. The molecule has 0 N–H and O–H groups in total. The van der Waals surface area contributed by atoms with Crippen LogP contribution in [0.25, 0.3) is 0 Å². The smallest absolute Gasteiger partial charge is 0.214 e. The van der Waals surface area contributed by atoms with Crippen LogP contribution in [0.2, 0.25) is 0 Å². The SMILES string of the molecule is CCCS(=O)(=O)N1CCC2(CCCN(Cc3cccc(OC)c3OC)C2)C1. The third-order valence-electron chi connectivity index (χ3n) is 5.88. The Labute approximate surface area is 163 Å². The van der Waals surface area contributed by atoms with E-state index in [2.05, 4.69) is 11.0 Å². The van der Waals surface area contributed by atoms with Crippen LogP contribution in [0.1, 0.15) is 38.2 Å². The van der Waals surface area contributed by atoms with Gasteiger partial charge in [0, 0.05) is 31.7 Å². The number of hydrogen-bond donors (Lipinski definition) is 0. The van der Waals surface area contributed by atoms with Crippen molar-refractivity contribution in [2.75, 3.05) is 46.2 Å². The Bertz CT molecular complexity index is 752. The van der Waals surface area contributed by atoms with Crippen molar-refractivity contribution in [2.45, 2.75) is 39.2 Å². The number of nitrogens with zero attached hydrogens (tertiary/aromatic N) is 2. The molecule has 152 valence electrons. The maximum Gasteiger partial charge on any atom is 0.214 e. The summed E-state index contributed by atoms with van der Waals surface area (Å²) in [6, 6.07) is 5.98. The Morgan fingerprint density at radius 2 is 1.93 bits per heavy atom. The van der Waals surface area contributed by atoms with Crippen LogP contribution >= 0.6 is 0 Å². The molecule has 7 heteroatoms. The maximum absolute atomic E-state index is 12.5. The Morgan fingerprint density at radius 3 is 2.63 bits per heavy atom. The van der Waals surface area contributed by atoms with Crippen molar-refractivity contribution in [1.82, 2.24) is 9.21 Å². The largest absolute Gasteiger partial charge is 0.493 e. The minimum absolute atomic E-state index is 0.0885. The normalized spacial score (nSPS) is 24.4. The first-order valence-electron chi connectivity index (χ1n) is 9.83. The third-order valence-corrected chi connectivity index (χ3v) is 7.90. The van der Waals surface area contributed by atoms with Gasteiger partial charge in [-0.05, 0) is 43.7 Å². The molecule has 0 radical (unpaired) electrons. The molecular weight excluding hydrogens is 364 g/mol. The summed E-state index contributed by atoms with van der Waals surface area (Å²) in [7, 11) is 0.224. The first-order valence-corrected chi connectivity index (χ1v) is 11.4. The summed E-state index contributed by atoms with van der Waals surface area (Å²) in [4.78, 5) is 2.44. The third kappa shape index (κ3) is 4.41. The number of sulfonamides is 1. The number of hydrogen-bond acceptors (Lipinski definition) is 5. The van der Waals surface area contributed by atoms with Crippen molar-refractivity contribution >= 4 is 10.0 Å². The van der Waals surface area contributed by atoms with E-state index in [0.29, 0.717) is 19.5 Å². The fourth-order valence-electron chi connectivity index (χ4n) is 4.62. The number of ether oxygens (including phenoxy) is 2. The average molecular weight is 397 g/mol. The molecule has 0 saturated carbocycles. The summed E-state index contributed by atoms with van der Waals surface area (Å²) in [6.07, 6.45) is 3.85. The topological polar surface area (TPSA) is 59.1 Å². The molecule has 0 bridgehead atoms. The fourth-order valence-corrected chi connectivity index (χ4v) is 6.23. The summed E-state index contributed by atoms with van der Waals surface area (Å²) in [5, 5.41) is 0. The van der Waals surface area contributed by atoms with Crippen LogP contribution in [0.3, 0.4) is 0 Å². The molecule has 1 unspecified atom stereocenters. The zero-order chi connectivity index (χ0) is 19.5. The van der Waals surface area contributed by atoms with Gasteiger partial charge in [-0.2, -0.15) is 0 Å². The van der Waals surface area contributed by atoms with Crippen molar-refractivity contribution in [3.63, 3.8) is 0 Å². The molecule has 6 nitrogen and oxygen atoms in total. The van der Waals surface area contributed by atoms with E-state index >= 15 is 0 Å². The minimum Gasteiger partial charge on any atom is -0.493 e. The van der Waals surface area contributed by atoms with Crippen LogP contribution in [-0.2, 0) is 16.6 Å². The Kier molecular flexibility index (Phi) is 6.33. The Balaban J connectivity index is 1.71. The monoisotopic (exact) mass is 396 g/mol. The van der Waals surface area contributed by atoms with Crippen LogP contribution in [0, 0.1) is 5.41 Å². The number of rotatable bonds is 7. The van der Waals surface area contributed by atoms with Crippen LogP contribution < -0.4 is 9.47 Å². The molecule has 2 saturated heterocycles. The van der Waals surface area contributed by atoms with Crippen molar-refractivity contribution in [3.8, 4) is 11.5 Å². The van der Waals surface area contributed by atoms with Gasteiger partial charge in [0.25, 0.3) is 0 Å². The summed E-state index contributed by atoms with van der Waals surface area (Å²) >= 11 is 0. The van der Waals surface area contributed by atoms with Gasteiger partial charge in [0.1, 0.15) is 0 Å². The number of benzene rings is 1. The van der Waals surface area contributed by atoms with Crippen LogP contribution in [0.5, 0.6) is 11.5 Å². The molecule has 0 amide bonds. The Hall–Kier alpha value is -1.31. The lowest BCUT2D eigenvalue weighted by Crippen LogP contribution is -2.45. The van der Waals surface area contributed by atoms with Gasteiger partial charge in [-0.25, -0.2) is 12.7 Å². The van der Waals surface area contributed by atoms with Crippen molar-refractivity contribution in [3.05, 3.63) is 23.8 Å². The first-order chi connectivity index (χ1) is 12.9. The number of para-hydroxylation sites is 1. The second kappa shape index (κ2) is 8.37. The van der Waals surface area contributed by atoms with Gasteiger partial charge in [0.2, 0.25) is 10.0 Å². The van der Waals surface area contributed by atoms with Gasteiger partial charge in [0.15, 0.2) is 11.5 Å². The second-order valence-corrected chi connectivity index (χ2v) is 9.95. The van der Waals surface area contributed by atoms with Crippen molar-refractivity contribution in [1.29, 1.82) is 0 Å².